The number of hydrogen-bond acceptors (Lipinski definition) is 5. The molecule has 1 aliphatic rings. The molecule has 0 radical (unpaired) electrons. The van der Waals surface area contributed by atoms with Gasteiger partial charge in [0.25, 0.3) is 0 Å². The molecule has 130 valence electrons. The van der Waals surface area contributed by atoms with Crippen LogP contribution in [-0.2, 0) is 0 Å². The van der Waals surface area contributed by atoms with E-state index >= 15 is 0 Å². The maximum absolute atomic E-state index is 12.9. The Kier molecular flexibility index (Phi) is 4.19. The van der Waals surface area contributed by atoms with Crippen molar-refractivity contribution in [3.63, 3.8) is 0 Å². The number of carbonyl (C=O) groups is 1. The molecule has 3 aromatic rings. The summed E-state index contributed by atoms with van der Waals surface area (Å²) in [4.78, 5) is 12.9. The third-order valence-electron chi connectivity index (χ3n) is 4.20. The Hall–Kier alpha value is -3.47. The number of fused-ring (bicyclic) bond motifs is 3. The largest absolute Gasteiger partial charge is 0.489 e. The van der Waals surface area contributed by atoms with Gasteiger partial charge in [-0.2, -0.15) is 0 Å². The summed E-state index contributed by atoms with van der Waals surface area (Å²) in [5.74, 6) is 1.06. The lowest BCUT2D eigenvalue weighted by molar-refractivity contribution is 0.103. The monoisotopic (exact) mass is 346 g/mol. The van der Waals surface area contributed by atoms with E-state index in [2.05, 4.69) is 5.32 Å². The number of rotatable bonds is 2. The van der Waals surface area contributed by atoms with Crippen molar-refractivity contribution >= 4 is 22.8 Å². The summed E-state index contributed by atoms with van der Waals surface area (Å²) in [5, 5.41) is 3.27. The SMILES string of the molecule is Nc1ccccc1Nc1ccc2cc1OCCOc1ccccc1C2=O. The highest BCUT2D eigenvalue weighted by atomic mass is 16.5. The molecule has 0 atom stereocenters. The van der Waals surface area contributed by atoms with Crippen molar-refractivity contribution in [2.24, 2.45) is 0 Å². The second-order valence-electron chi connectivity index (χ2n) is 5.95. The molecule has 26 heavy (non-hydrogen) atoms. The number of carbonyl (C=O) groups excluding carboxylic acids is 1. The normalized spacial score (nSPS) is 13.2. The van der Waals surface area contributed by atoms with E-state index in [1.54, 1.807) is 24.3 Å². The number of nitrogens with two attached hydrogens (primary N) is 1. The maximum Gasteiger partial charge on any atom is 0.196 e. The molecule has 0 aliphatic carbocycles. The third-order valence-corrected chi connectivity index (χ3v) is 4.20. The number of benzene rings is 3. The minimum Gasteiger partial charge on any atom is -0.489 e. The highest BCUT2D eigenvalue weighted by Gasteiger charge is 2.18. The molecule has 1 aliphatic heterocycles. The van der Waals surface area contributed by atoms with Crippen molar-refractivity contribution < 1.29 is 14.3 Å². The Morgan fingerprint density at radius 3 is 2.38 bits per heavy atom. The number of ether oxygens (including phenoxy) is 2. The third kappa shape index (κ3) is 3.07. The van der Waals surface area contributed by atoms with Gasteiger partial charge < -0.3 is 20.5 Å². The first-order chi connectivity index (χ1) is 12.7. The van der Waals surface area contributed by atoms with E-state index in [0.717, 1.165) is 11.4 Å². The molecule has 5 nitrogen and oxygen atoms in total. The molecule has 3 N–H and O–H groups in total. The summed E-state index contributed by atoms with van der Waals surface area (Å²) < 4.78 is 11.6. The fraction of sp³-hybridized carbons (Fsp3) is 0.0952. The van der Waals surface area contributed by atoms with E-state index in [1.807, 2.05) is 42.5 Å². The zero-order chi connectivity index (χ0) is 17.9. The summed E-state index contributed by atoms with van der Waals surface area (Å²) >= 11 is 0. The van der Waals surface area contributed by atoms with E-state index in [0.29, 0.717) is 41.5 Å². The molecule has 1 heterocycles. The molecule has 0 aromatic heterocycles. The Bertz CT molecular complexity index is 969. The van der Waals surface area contributed by atoms with Gasteiger partial charge in [0.1, 0.15) is 24.7 Å². The molecule has 0 fully saturated rings. The van der Waals surface area contributed by atoms with Crippen LogP contribution in [0.25, 0.3) is 0 Å². The van der Waals surface area contributed by atoms with E-state index in [-0.39, 0.29) is 5.78 Å². The van der Waals surface area contributed by atoms with Crippen LogP contribution in [0.5, 0.6) is 11.5 Å². The van der Waals surface area contributed by atoms with Gasteiger partial charge in [0.2, 0.25) is 0 Å². The zero-order valence-corrected chi connectivity index (χ0v) is 14.1. The lowest BCUT2D eigenvalue weighted by atomic mass is 10.0. The van der Waals surface area contributed by atoms with Gasteiger partial charge in [-0.15, -0.1) is 0 Å². The lowest BCUT2D eigenvalue weighted by Gasteiger charge is -2.18. The second kappa shape index (κ2) is 6.80. The molecular weight excluding hydrogens is 328 g/mol. The Morgan fingerprint density at radius 1 is 0.808 bits per heavy atom. The van der Waals surface area contributed by atoms with Crippen molar-refractivity contribution in [3.05, 3.63) is 77.9 Å². The van der Waals surface area contributed by atoms with Crippen molar-refractivity contribution in [1.29, 1.82) is 0 Å². The van der Waals surface area contributed by atoms with Crippen LogP contribution in [0, 0.1) is 0 Å². The number of nitrogen functional groups attached to an aromatic ring is 1. The molecule has 0 saturated heterocycles. The minimum absolute atomic E-state index is 0.0990. The van der Waals surface area contributed by atoms with E-state index in [9.17, 15) is 4.79 Å². The first-order valence-electron chi connectivity index (χ1n) is 8.37. The van der Waals surface area contributed by atoms with Crippen molar-refractivity contribution in [2.45, 2.75) is 0 Å². The topological polar surface area (TPSA) is 73.6 Å². The van der Waals surface area contributed by atoms with E-state index in [4.69, 9.17) is 15.2 Å². The predicted molar refractivity (Wildman–Crippen MR) is 101 cm³/mol. The zero-order valence-electron chi connectivity index (χ0n) is 14.1. The van der Waals surface area contributed by atoms with Crippen LogP contribution < -0.4 is 20.5 Å². The van der Waals surface area contributed by atoms with Crippen molar-refractivity contribution in [1.82, 2.24) is 0 Å². The first-order valence-corrected chi connectivity index (χ1v) is 8.37. The molecule has 0 saturated carbocycles. The van der Waals surface area contributed by atoms with Gasteiger partial charge in [0.15, 0.2) is 5.78 Å². The smallest absolute Gasteiger partial charge is 0.196 e. The van der Waals surface area contributed by atoms with Crippen LogP contribution in [0.4, 0.5) is 17.1 Å². The van der Waals surface area contributed by atoms with Gasteiger partial charge in [0.05, 0.1) is 22.6 Å². The number of para-hydroxylation sites is 3. The fourth-order valence-electron chi connectivity index (χ4n) is 2.88. The van der Waals surface area contributed by atoms with E-state index in [1.165, 1.54) is 0 Å². The molecule has 0 amide bonds. The number of nitrogens with one attached hydrogen (secondary N) is 1. The van der Waals surface area contributed by atoms with Crippen LogP contribution >= 0.6 is 0 Å². The van der Waals surface area contributed by atoms with Crippen LogP contribution in [0.2, 0.25) is 0 Å². The summed E-state index contributed by atoms with van der Waals surface area (Å²) in [5.41, 5.74) is 9.26. The predicted octanol–water partition coefficient (Wildman–Crippen LogP) is 4.01. The first kappa shape index (κ1) is 16.0. The van der Waals surface area contributed by atoms with Gasteiger partial charge in [-0.05, 0) is 42.5 Å². The fourth-order valence-corrected chi connectivity index (χ4v) is 2.88. The number of hydrogen-bond donors (Lipinski definition) is 2. The maximum atomic E-state index is 12.9. The van der Waals surface area contributed by atoms with Crippen LogP contribution in [0.3, 0.4) is 0 Å². The quantitative estimate of drug-likeness (QED) is 0.686. The molecular formula is C21H18N2O3. The van der Waals surface area contributed by atoms with Gasteiger partial charge in [0, 0.05) is 5.56 Å². The number of ketones is 1. The summed E-state index contributed by atoms with van der Waals surface area (Å²) in [6, 6.07) is 20.1. The van der Waals surface area contributed by atoms with Gasteiger partial charge in [-0.3, -0.25) is 4.79 Å². The summed E-state index contributed by atoms with van der Waals surface area (Å²) in [6.45, 7) is 0.715. The van der Waals surface area contributed by atoms with Gasteiger partial charge in [-0.1, -0.05) is 24.3 Å². The highest BCUT2D eigenvalue weighted by Crippen LogP contribution is 2.33. The summed E-state index contributed by atoms with van der Waals surface area (Å²) in [6.07, 6.45) is 0. The molecule has 5 heteroatoms. The van der Waals surface area contributed by atoms with E-state index < -0.39 is 0 Å². The highest BCUT2D eigenvalue weighted by molar-refractivity contribution is 6.11. The average molecular weight is 346 g/mol. The summed E-state index contributed by atoms with van der Waals surface area (Å²) in [7, 11) is 0. The van der Waals surface area contributed by atoms with Crippen molar-refractivity contribution in [2.75, 3.05) is 24.3 Å². The Morgan fingerprint density at radius 2 is 1.54 bits per heavy atom. The Balaban J connectivity index is 1.73. The molecule has 3 aromatic carbocycles. The standard InChI is InChI=1S/C21H18N2O3/c22-16-6-2-3-7-17(16)23-18-10-9-14-13-20(18)26-12-11-25-19-8-4-1-5-15(19)21(14)24/h1-10,13,23H,11-12,22H2. The van der Waals surface area contributed by atoms with Crippen LogP contribution in [-0.4, -0.2) is 19.0 Å². The number of anilines is 3. The average Bonchev–Trinajstić information content (AvgIpc) is 2.67. The molecule has 0 spiro atoms. The van der Waals surface area contributed by atoms with Crippen LogP contribution in [0.1, 0.15) is 15.9 Å². The minimum atomic E-state index is -0.0990. The molecule has 0 unspecified atom stereocenters. The molecule has 4 rings (SSSR count). The lowest BCUT2D eigenvalue weighted by Crippen LogP contribution is -2.14. The van der Waals surface area contributed by atoms with Crippen LogP contribution in [0.15, 0.2) is 66.7 Å². The Labute approximate surface area is 151 Å². The van der Waals surface area contributed by atoms with Gasteiger partial charge in [-0.25, -0.2) is 0 Å². The van der Waals surface area contributed by atoms with Crippen molar-refractivity contribution in [3.8, 4) is 11.5 Å². The second-order valence-corrected chi connectivity index (χ2v) is 5.95. The van der Waals surface area contributed by atoms with Gasteiger partial charge >= 0.3 is 0 Å². The molecule has 2 bridgehead atoms.